The van der Waals surface area contributed by atoms with Crippen molar-refractivity contribution in [3.05, 3.63) is 23.9 Å². The van der Waals surface area contributed by atoms with E-state index in [1.807, 2.05) is 13.0 Å². The number of ether oxygens (including phenoxy) is 1. The highest BCUT2D eigenvalue weighted by Gasteiger charge is 2.32. The van der Waals surface area contributed by atoms with E-state index in [0.29, 0.717) is 5.84 Å². The van der Waals surface area contributed by atoms with E-state index < -0.39 is 12.2 Å². The lowest BCUT2D eigenvalue weighted by atomic mass is 10.2. The third kappa shape index (κ3) is 2.12. The van der Waals surface area contributed by atoms with Crippen LogP contribution in [-0.2, 0) is 9.53 Å². The van der Waals surface area contributed by atoms with Crippen LogP contribution in [0.5, 0.6) is 0 Å². The second-order valence-electron chi connectivity index (χ2n) is 3.65. The highest BCUT2D eigenvalue weighted by Crippen LogP contribution is 2.16. The maximum atomic E-state index is 11.5. The lowest BCUT2D eigenvalue weighted by molar-refractivity contribution is -0.135. The van der Waals surface area contributed by atoms with Crippen molar-refractivity contribution >= 4 is 17.5 Å². The highest BCUT2D eigenvalue weighted by molar-refractivity contribution is 6.39. The van der Waals surface area contributed by atoms with E-state index in [1.54, 1.807) is 19.2 Å². The van der Waals surface area contributed by atoms with E-state index in [1.165, 1.54) is 4.90 Å². The molecule has 2 heterocycles. The number of nitrogens with zero attached hydrogens (tertiary/aromatic N) is 3. The molecule has 0 aromatic rings. The molecule has 0 unspecified atom stereocenters. The van der Waals surface area contributed by atoms with Gasteiger partial charge in [0.2, 0.25) is 0 Å². The van der Waals surface area contributed by atoms with Crippen molar-refractivity contribution in [2.75, 3.05) is 6.61 Å². The fraction of sp³-hybridized carbons (Fsp3) is 0.364. The maximum absolute atomic E-state index is 11.5. The molecule has 0 fully saturated rings. The summed E-state index contributed by atoms with van der Waals surface area (Å²) in [6, 6.07) is 0. The van der Waals surface area contributed by atoms with Crippen molar-refractivity contribution in [3.8, 4) is 0 Å². The van der Waals surface area contributed by atoms with Gasteiger partial charge in [-0.3, -0.25) is 4.90 Å². The first-order chi connectivity index (χ1) is 8.13. The molecule has 0 amide bonds. The Morgan fingerprint density at radius 2 is 2.29 bits per heavy atom. The van der Waals surface area contributed by atoms with Crippen LogP contribution in [0.25, 0.3) is 0 Å². The summed E-state index contributed by atoms with van der Waals surface area (Å²) in [6.07, 6.45) is 4.13. The number of fused-ring (bicyclic) bond motifs is 1. The Hall–Kier alpha value is -1.95. The van der Waals surface area contributed by atoms with Gasteiger partial charge in [0.05, 0.1) is 6.61 Å². The fourth-order valence-corrected chi connectivity index (χ4v) is 1.54. The molecule has 0 saturated heterocycles. The smallest absolute Gasteiger partial charge is 0.359 e. The molecule has 90 valence electrons. The minimum atomic E-state index is -1.15. The highest BCUT2D eigenvalue weighted by atomic mass is 16.5. The second kappa shape index (κ2) is 4.50. The van der Waals surface area contributed by atoms with Crippen LogP contribution in [0.3, 0.4) is 0 Å². The molecule has 17 heavy (non-hydrogen) atoms. The average molecular weight is 235 g/mol. The molecule has 2 rings (SSSR count). The molecule has 0 aliphatic carbocycles. The van der Waals surface area contributed by atoms with Crippen LogP contribution in [0, 0.1) is 0 Å². The number of allylic oxidation sites excluding steroid dienone is 2. The van der Waals surface area contributed by atoms with Gasteiger partial charge in [0, 0.05) is 6.20 Å². The SMILES string of the molecule is CCOC(=O)C1=NN=C2C=CC(C)=CN2[C@H]1O. The summed E-state index contributed by atoms with van der Waals surface area (Å²) in [4.78, 5) is 13.0. The van der Waals surface area contributed by atoms with E-state index in [0.717, 1.165) is 5.57 Å². The van der Waals surface area contributed by atoms with Crippen molar-refractivity contribution in [2.24, 2.45) is 10.2 Å². The van der Waals surface area contributed by atoms with Crippen molar-refractivity contribution in [1.82, 2.24) is 4.90 Å². The predicted octanol–water partition coefficient (Wildman–Crippen LogP) is 0.412. The molecule has 0 aromatic carbocycles. The van der Waals surface area contributed by atoms with E-state index >= 15 is 0 Å². The monoisotopic (exact) mass is 235 g/mol. The van der Waals surface area contributed by atoms with Crippen molar-refractivity contribution in [2.45, 2.75) is 20.1 Å². The molecule has 0 spiro atoms. The Morgan fingerprint density at radius 1 is 1.53 bits per heavy atom. The Kier molecular flexibility index (Phi) is 3.06. The van der Waals surface area contributed by atoms with E-state index in [9.17, 15) is 9.90 Å². The zero-order chi connectivity index (χ0) is 12.4. The summed E-state index contributed by atoms with van der Waals surface area (Å²) in [5.74, 6) is -0.153. The van der Waals surface area contributed by atoms with Crippen LogP contribution in [0.2, 0.25) is 0 Å². The summed E-state index contributed by atoms with van der Waals surface area (Å²) < 4.78 is 4.79. The molecule has 1 N–H and O–H groups in total. The fourth-order valence-electron chi connectivity index (χ4n) is 1.54. The van der Waals surface area contributed by atoms with E-state index in [-0.39, 0.29) is 12.3 Å². The zero-order valence-corrected chi connectivity index (χ0v) is 9.62. The Bertz CT molecular complexity index is 463. The standard InChI is InChI=1S/C11H13N3O3/c1-3-17-11(16)9-10(15)14-6-7(2)4-5-8(14)12-13-9/h4-6,10,15H,3H2,1-2H3/t10-/m0/s1. The Labute approximate surface area is 98.6 Å². The van der Waals surface area contributed by atoms with Crippen LogP contribution in [0.1, 0.15) is 13.8 Å². The molecule has 2 aliphatic heterocycles. The lowest BCUT2D eigenvalue weighted by Gasteiger charge is -2.30. The van der Waals surface area contributed by atoms with Gasteiger partial charge in [0.15, 0.2) is 17.8 Å². The lowest BCUT2D eigenvalue weighted by Crippen LogP contribution is -2.47. The van der Waals surface area contributed by atoms with Crippen LogP contribution < -0.4 is 0 Å². The molecule has 0 aromatic heterocycles. The van der Waals surface area contributed by atoms with Gasteiger partial charge >= 0.3 is 5.97 Å². The number of esters is 1. The number of aliphatic hydroxyl groups is 1. The first-order valence-electron chi connectivity index (χ1n) is 5.29. The number of hydrogen-bond acceptors (Lipinski definition) is 6. The first-order valence-corrected chi connectivity index (χ1v) is 5.29. The predicted molar refractivity (Wildman–Crippen MR) is 62.2 cm³/mol. The second-order valence-corrected chi connectivity index (χ2v) is 3.65. The first kappa shape index (κ1) is 11.5. The summed E-state index contributed by atoms with van der Waals surface area (Å²) in [5.41, 5.74) is 0.850. The number of carbonyl (C=O) groups is 1. The molecular formula is C11H13N3O3. The van der Waals surface area contributed by atoms with Gasteiger partial charge in [-0.2, -0.15) is 0 Å². The van der Waals surface area contributed by atoms with Gasteiger partial charge in [0.25, 0.3) is 0 Å². The molecule has 6 nitrogen and oxygen atoms in total. The maximum Gasteiger partial charge on any atom is 0.359 e. The number of carbonyl (C=O) groups excluding carboxylic acids is 1. The Morgan fingerprint density at radius 3 is 3.00 bits per heavy atom. The van der Waals surface area contributed by atoms with Crippen molar-refractivity contribution in [1.29, 1.82) is 0 Å². The number of aliphatic hydroxyl groups excluding tert-OH is 1. The van der Waals surface area contributed by atoms with Gasteiger partial charge in [-0.25, -0.2) is 4.79 Å². The van der Waals surface area contributed by atoms with Crippen LogP contribution in [0.4, 0.5) is 0 Å². The topological polar surface area (TPSA) is 74.5 Å². The van der Waals surface area contributed by atoms with Gasteiger partial charge in [0.1, 0.15) is 0 Å². The molecule has 0 saturated carbocycles. The third-order valence-electron chi connectivity index (χ3n) is 2.36. The normalized spacial score (nSPS) is 22.4. The molecule has 0 radical (unpaired) electrons. The molecule has 2 aliphatic rings. The third-order valence-corrected chi connectivity index (χ3v) is 2.36. The van der Waals surface area contributed by atoms with Crippen LogP contribution in [0.15, 0.2) is 34.1 Å². The molecule has 0 bridgehead atoms. The summed E-state index contributed by atoms with van der Waals surface area (Å²) >= 11 is 0. The van der Waals surface area contributed by atoms with Crippen molar-refractivity contribution < 1.29 is 14.6 Å². The van der Waals surface area contributed by atoms with Gasteiger partial charge in [-0.1, -0.05) is 6.08 Å². The summed E-state index contributed by atoms with van der Waals surface area (Å²) in [5, 5.41) is 17.6. The van der Waals surface area contributed by atoms with E-state index in [4.69, 9.17) is 4.74 Å². The van der Waals surface area contributed by atoms with Crippen molar-refractivity contribution in [3.63, 3.8) is 0 Å². The number of amidine groups is 1. The summed E-state index contributed by atoms with van der Waals surface area (Å²) in [7, 11) is 0. The quantitative estimate of drug-likeness (QED) is 0.703. The van der Waals surface area contributed by atoms with Gasteiger partial charge < -0.3 is 9.84 Å². The van der Waals surface area contributed by atoms with Gasteiger partial charge in [-0.15, -0.1) is 10.2 Å². The molecular weight excluding hydrogens is 222 g/mol. The minimum Gasteiger partial charge on any atom is -0.461 e. The van der Waals surface area contributed by atoms with Crippen LogP contribution in [-0.4, -0.2) is 40.4 Å². The zero-order valence-electron chi connectivity index (χ0n) is 9.62. The molecule has 1 atom stereocenters. The van der Waals surface area contributed by atoms with E-state index in [2.05, 4.69) is 10.2 Å². The average Bonchev–Trinajstić information content (AvgIpc) is 2.30. The van der Waals surface area contributed by atoms with Gasteiger partial charge in [-0.05, 0) is 25.5 Å². The number of hydrogen-bond donors (Lipinski definition) is 1. The van der Waals surface area contributed by atoms with Crippen LogP contribution >= 0.6 is 0 Å². The summed E-state index contributed by atoms with van der Waals surface area (Å²) in [6.45, 7) is 3.81. The number of rotatable bonds is 2. The minimum absolute atomic E-state index is 0.102. The molecule has 6 heteroatoms. The Balaban J connectivity index is 2.28. The largest absolute Gasteiger partial charge is 0.461 e.